The Morgan fingerprint density at radius 2 is 1.09 bits per heavy atom. The number of rotatable bonds is 10. The van der Waals surface area contributed by atoms with Crippen molar-refractivity contribution in [3.8, 4) is 33.8 Å². The molecule has 8 rings (SSSR count). The molecule has 0 bridgehead atoms. The van der Waals surface area contributed by atoms with Crippen LogP contribution in [-0.2, 0) is 30.8 Å². The van der Waals surface area contributed by atoms with Crippen molar-refractivity contribution >= 4 is 23.5 Å². The van der Waals surface area contributed by atoms with Gasteiger partial charge in [-0.2, -0.15) is 0 Å². The molecule has 0 unspecified atom stereocenters. The Balaban J connectivity index is 0.000000210. The number of methoxy groups -OCH3 is 1. The zero-order valence-electron chi connectivity index (χ0n) is 31.4. The van der Waals surface area contributed by atoms with Gasteiger partial charge in [0, 0.05) is 47.5 Å². The van der Waals surface area contributed by atoms with Gasteiger partial charge in [-0.3, -0.25) is 19.6 Å². The number of Topliss-reactive ketones (excluding diaryl/α,β-unsaturated/α-hetero) is 2. The third kappa shape index (κ3) is 9.71. The number of esters is 1. The number of fused-ring (bicyclic) bond motifs is 6. The molecule has 2 aliphatic rings. The molecule has 0 atom stereocenters. The molecular weight excluding hydrogens is 719 g/mol. The minimum atomic E-state index is -0.964. The van der Waals surface area contributed by atoms with Crippen molar-refractivity contribution in [3.63, 3.8) is 0 Å². The fourth-order valence-electron chi connectivity index (χ4n) is 6.68. The predicted molar refractivity (Wildman–Crippen MR) is 206 cm³/mol. The zero-order valence-corrected chi connectivity index (χ0v) is 31.4. The monoisotopic (exact) mass is 756 g/mol. The maximum Gasteiger partial charge on any atom is 1.00 e. The van der Waals surface area contributed by atoms with E-state index in [1.165, 1.54) is 7.11 Å². The van der Waals surface area contributed by atoms with Gasteiger partial charge in [0.05, 0.1) is 30.6 Å². The molecule has 57 heavy (non-hydrogen) atoms. The van der Waals surface area contributed by atoms with E-state index in [9.17, 15) is 19.2 Å². The van der Waals surface area contributed by atoms with Crippen molar-refractivity contribution in [3.05, 3.63) is 166 Å². The van der Waals surface area contributed by atoms with Gasteiger partial charge in [0.15, 0.2) is 11.6 Å². The van der Waals surface area contributed by atoms with Crippen LogP contribution in [0.1, 0.15) is 76.5 Å². The molecule has 11 nitrogen and oxygen atoms in total. The number of benzene rings is 4. The van der Waals surface area contributed by atoms with Gasteiger partial charge >= 0.3 is 30.8 Å². The molecule has 0 saturated heterocycles. The maximum atomic E-state index is 12.7. The molecular formula is C45H37LiN2O9. The molecule has 6 aromatic rings. The fraction of sp³-hybridized carbons (Fsp3) is 0.156. The first-order valence-electron chi connectivity index (χ1n) is 17.7. The van der Waals surface area contributed by atoms with E-state index in [1.807, 2.05) is 60.7 Å². The minimum Gasteiger partial charge on any atom is -0.870 e. The number of pyridine rings is 2. The third-order valence-corrected chi connectivity index (χ3v) is 9.57. The Morgan fingerprint density at radius 3 is 1.56 bits per heavy atom. The average molecular weight is 757 g/mol. The van der Waals surface area contributed by atoms with E-state index in [0.717, 1.165) is 56.0 Å². The van der Waals surface area contributed by atoms with Gasteiger partial charge < -0.3 is 24.8 Å². The minimum absolute atomic E-state index is 0. The van der Waals surface area contributed by atoms with Crippen LogP contribution < -0.4 is 28.3 Å². The summed E-state index contributed by atoms with van der Waals surface area (Å²) in [4.78, 5) is 56.1. The van der Waals surface area contributed by atoms with E-state index in [0.29, 0.717) is 55.6 Å². The van der Waals surface area contributed by atoms with E-state index in [1.54, 1.807) is 61.2 Å². The van der Waals surface area contributed by atoms with E-state index >= 15 is 0 Å². The summed E-state index contributed by atoms with van der Waals surface area (Å²) in [5.74, 6) is 0.263. The van der Waals surface area contributed by atoms with Gasteiger partial charge in [-0.15, -0.1) is 0 Å². The summed E-state index contributed by atoms with van der Waals surface area (Å²) in [6.45, 7) is 0.839. The van der Waals surface area contributed by atoms with Crippen molar-refractivity contribution < 1.29 is 62.8 Å². The molecule has 0 amide bonds. The predicted octanol–water partition coefficient (Wildman–Crippen LogP) is 5.23. The number of hydrogen-bond donors (Lipinski definition) is 1. The first-order valence-corrected chi connectivity index (χ1v) is 17.7. The van der Waals surface area contributed by atoms with Crippen LogP contribution in [0.15, 0.2) is 122 Å². The van der Waals surface area contributed by atoms with Crippen molar-refractivity contribution in [1.82, 2.24) is 9.97 Å². The molecule has 0 fully saturated rings. The Morgan fingerprint density at radius 1 is 0.614 bits per heavy atom. The summed E-state index contributed by atoms with van der Waals surface area (Å²) in [7, 11) is 1.35. The molecule has 4 heterocycles. The van der Waals surface area contributed by atoms with Gasteiger partial charge in [-0.25, -0.2) is 9.59 Å². The molecule has 0 aliphatic carbocycles. The fourth-order valence-corrected chi connectivity index (χ4v) is 6.68. The number of carbonyl (C=O) groups is 4. The largest absolute Gasteiger partial charge is 1.00 e. The normalized spacial score (nSPS) is 11.4. The summed E-state index contributed by atoms with van der Waals surface area (Å²) >= 11 is 0. The van der Waals surface area contributed by atoms with E-state index in [-0.39, 0.29) is 47.4 Å². The maximum absolute atomic E-state index is 12.7. The van der Waals surface area contributed by atoms with Gasteiger partial charge in [0.1, 0.15) is 24.7 Å². The summed E-state index contributed by atoms with van der Waals surface area (Å²) in [5, 5.41) is 9.06. The average Bonchev–Trinajstić information content (AvgIpc) is 3.24. The number of carbonyl (C=O) groups excluding carboxylic acids is 3. The number of ether oxygens (including phenoxy) is 3. The molecule has 0 spiro atoms. The number of carboxylic acid groups (broad SMARTS) is 1. The number of aromatic nitrogens is 2. The number of ketones is 2. The van der Waals surface area contributed by atoms with Crippen molar-refractivity contribution in [2.24, 2.45) is 0 Å². The Labute approximate surface area is 341 Å². The number of nitrogens with zero attached hydrogens (tertiary/aromatic N) is 2. The van der Waals surface area contributed by atoms with E-state index < -0.39 is 5.97 Å². The van der Waals surface area contributed by atoms with Crippen LogP contribution in [0, 0.1) is 0 Å². The molecule has 2 aliphatic heterocycles. The Hall–Kier alpha value is -6.38. The quantitative estimate of drug-likeness (QED) is 0.110. The van der Waals surface area contributed by atoms with Crippen molar-refractivity contribution in [2.75, 3.05) is 7.11 Å². The number of carboxylic acids is 1. The molecule has 0 radical (unpaired) electrons. The van der Waals surface area contributed by atoms with Gasteiger partial charge in [0.2, 0.25) is 0 Å². The summed E-state index contributed by atoms with van der Waals surface area (Å²) < 4.78 is 16.2. The van der Waals surface area contributed by atoms with Gasteiger partial charge in [-0.1, -0.05) is 48.5 Å². The Bertz CT molecular complexity index is 2450. The second-order valence-corrected chi connectivity index (χ2v) is 13.1. The second-order valence-electron chi connectivity index (χ2n) is 13.1. The molecule has 282 valence electrons. The number of aromatic carboxylic acids is 1. The van der Waals surface area contributed by atoms with Gasteiger partial charge in [0.25, 0.3) is 0 Å². The number of aryl methyl sites for hydroxylation is 2. The molecule has 0 saturated carbocycles. The second kappa shape index (κ2) is 19.0. The van der Waals surface area contributed by atoms with Crippen molar-refractivity contribution in [2.45, 2.75) is 38.9 Å². The van der Waals surface area contributed by atoms with E-state index in [4.69, 9.17) is 19.3 Å². The van der Waals surface area contributed by atoms with Crippen molar-refractivity contribution in [1.29, 1.82) is 0 Å². The summed E-state index contributed by atoms with van der Waals surface area (Å²) in [5.41, 5.74) is 9.90. The van der Waals surface area contributed by atoms with Crippen LogP contribution in [0.3, 0.4) is 0 Å². The SMILES string of the molecule is COC(=O)c1cccc(CCC(=O)c2ccc3c(c2)COc2cnccc2-3)c1.O=C(O)c1cccc(CCC(=O)c2ccc3c(c2)COc2cnccc2-3)c1.[Li+].[OH-]. The third-order valence-electron chi connectivity index (χ3n) is 9.57. The Kier molecular flexibility index (Phi) is 13.9. The molecule has 2 N–H and O–H groups in total. The topological polar surface area (TPSA) is 172 Å². The first-order chi connectivity index (χ1) is 26.8. The molecule has 12 heteroatoms. The van der Waals surface area contributed by atoms with E-state index in [2.05, 4.69) is 9.97 Å². The van der Waals surface area contributed by atoms with Crippen LogP contribution in [0.2, 0.25) is 0 Å². The zero-order chi connectivity index (χ0) is 38.3. The number of hydrogen-bond acceptors (Lipinski definition) is 10. The molecule has 4 aromatic carbocycles. The smallest absolute Gasteiger partial charge is 0.870 e. The molecule has 2 aromatic heterocycles. The summed E-state index contributed by atoms with van der Waals surface area (Å²) in [6, 6.07) is 29.1. The van der Waals surface area contributed by atoms with Crippen LogP contribution >= 0.6 is 0 Å². The standard InChI is InChI=1S/C23H19NO4.C22H17NO4.Li.H2O/c1-27-23(26)17-4-2-3-15(11-17)5-8-21(25)16-6-7-19-18(12-16)14-28-22-13-24-10-9-20(19)22;24-20(7-4-14-2-1-3-16(10-14)22(25)26)15-5-6-18-17(11-15)13-27-21-12-23-9-8-19(18)21;;/h2-4,6-7,9-13H,5,8,14H2,1H3;1-3,5-6,8-12H,4,7,13H2,(H,25,26);;1H2/q;;+1;/p-1. The van der Waals surface area contributed by atoms with Crippen LogP contribution in [0.4, 0.5) is 0 Å². The van der Waals surface area contributed by atoms with Crippen LogP contribution in [0.25, 0.3) is 22.3 Å². The van der Waals surface area contributed by atoms with Gasteiger partial charge in [-0.05, 0) is 94.8 Å². The summed E-state index contributed by atoms with van der Waals surface area (Å²) in [6.07, 6.45) is 8.62. The van der Waals surface area contributed by atoms with Crippen LogP contribution in [0.5, 0.6) is 11.5 Å². The van der Waals surface area contributed by atoms with Crippen LogP contribution in [-0.4, -0.2) is 51.2 Å². The first kappa shape index (κ1) is 41.8.